The molecule has 0 heterocycles. The van der Waals surface area contributed by atoms with E-state index >= 15 is 0 Å². The summed E-state index contributed by atoms with van der Waals surface area (Å²) in [6, 6.07) is 7.64. The number of nitrogens with one attached hydrogen (secondary N) is 2. The first-order chi connectivity index (χ1) is 10.2. The van der Waals surface area contributed by atoms with E-state index in [1.165, 1.54) is 0 Å². The molecule has 0 atom stereocenters. The Kier molecular flexibility index (Phi) is 7.94. The van der Waals surface area contributed by atoms with E-state index in [1.807, 2.05) is 24.3 Å². The molecule has 0 saturated carbocycles. The molecule has 2 amide bonds. The van der Waals surface area contributed by atoms with Crippen LogP contribution >= 0.6 is 0 Å². The molecule has 0 aliphatic carbocycles. The Morgan fingerprint density at radius 1 is 1.10 bits per heavy atom. The van der Waals surface area contributed by atoms with Gasteiger partial charge in [0, 0.05) is 13.1 Å². The maximum Gasteiger partial charge on any atom is 0.309 e. The van der Waals surface area contributed by atoms with Crippen molar-refractivity contribution in [1.82, 2.24) is 10.6 Å². The summed E-state index contributed by atoms with van der Waals surface area (Å²) in [6.45, 7) is 3.07. The van der Waals surface area contributed by atoms with Crippen molar-refractivity contribution < 1.29 is 14.3 Å². The summed E-state index contributed by atoms with van der Waals surface area (Å²) in [5.74, 6) is -0.348. The molecule has 5 heteroatoms. The summed E-state index contributed by atoms with van der Waals surface area (Å²) < 4.78 is 5.13. The number of methoxy groups -OCH3 is 1. The number of carbonyl (C=O) groups excluding carboxylic acids is 2. The highest BCUT2D eigenvalue weighted by molar-refractivity contribution is 6.35. The molecule has 1 aromatic carbocycles. The fourth-order valence-corrected chi connectivity index (χ4v) is 1.89. The van der Waals surface area contributed by atoms with E-state index in [1.54, 1.807) is 7.11 Å². The van der Waals surface area contributed by atoms with Crippen LogP contribution in [0.15, 0.2) is 24.3 Å². The van der Waals surface area contributed by atoms with Crippen LogP contribution in [0.5, 0.6) is 5.75 Å². The largest absolute Gasteiger partial charge is 0.497 e. The molecule has 0 unspecified atom stereocenters. The number of rotatable bonds is 8. The van der Waals surface area contributed by atoms with Crippen molar-refractivity contribution in [3.63, 3.8) is 0 Å². The second kappa shape index (κ2) is 9.80. The van der Waals surface area contributed by atoms with Crippen molar-refractivity contribution >= 4 is 11.8 Å². The third-order valence-electron chi connectivity index (χ3n) is 3.11. The van der Waals surface area contributed by atoms with E-state index in [4.69, 9.17) is 4.74 Å². The van der Waals surface area contributed by atoms with Gasteiger partial charge in [0.15, 0.2) is 0 Å². The molecule has 0 bridgehead atoms. The minimum Gasteiger partial charge on any atom is -0.497 e. The monoisotopic (exact) mass is 292 g/mol. The smallest absolute Gasteiger partial charge is 0.309 e. The van der Waals surface area contributed by atoms with Crippen LogP contribution in [0.1, 0.15) is 31.7 Å². The molecule has 116 valence electrons. The minimum atomic E-state index is -0.575. The number of benzene rings is 1. The van der Waals surface area contributed by atoms with Crippen LogP contribution in [0.2, 0.25) is 0 Å². The third-order valence-corrected chi connectivity index (χ3v) is 3.11. The zero-order chi connectivity index (χ0) is 15.5. The van der Waals surface area contributed by atoms with Gasteiger partial charge in [0.05, 0.1) is 7.11 Å². The normalized spacial score (nSPS) is 10.0. The Morgan fingerprint density at radius 2 is 1.81 bits per heavy atom. The number of ether oxygens (including phenoxy) is 1. The molecule has 0 radical (unpaired) electrons. The molecule has 1 rings (SSSR count). The number of unbranched alkanes of at least 4 members (excludes halogenated alkanes) is 2. The SMILES string of the molecule is CCCCCNC(=O)C(=O)NCCc1cccc(OC)c1. The van der Waals surface area contributed by atoms with Gasteiger partial charge in [-0.3, -0.25) is 9.59 Å². The fraction of sp³-hybridized carbons (Fsp3) is 0.500. The number of amides is 2. The predicted molar refractivity (Wildman–Crippen MR) is 82.2 cm³/mol. The minimum absolute atomic E-state index is 0.425. The van der Waals surface area contributed by atoms with Gasteiger partial charge in [-0.2, -0.15) is 0 Å². The van der Waals surface area contributed by atoms with Crippen molar-refractivity contribution in [2.75, 3.05) is 20.2 Å². The summed E-state index contributed by atoms with van der Waals surface area (Å²) >= 11 is 0. The van der Waals surface area contributed by atoms with Gasteiger partial charge in [-0.15, -0.1) is 0 Å². The Bertz CT molecular complexity index is 461. The Morgan fingerprint density at radius 3 is 2.48 bits per heavy atom. The molecule has 0 saturated heterocycles. The van der Waals surface area contributed by atoms with E-state index in [-0.39, 0.29) is 0 Å². The van der Waals surface area contributed by atoms with Gasteiger partial charge in [0.25, 0.3) is 0 Å². The molecule has 2 N–H and O–H groups in total. The second-order valence-electron chi connectivity index (χ2n) is 4.82. The first kappa shape index (κ1) is 17.0. The molecule has 5 nitrogen and oxygen atoms in total. The topological polar surface area (TPSA) is 67.4 Å². The van der Waals surface area contributed by atoms with Crippen molar-refractivity contribution in [2.24, 2.45) is 0 Å². The highest BCUT2D eigenvalue weighted by Gasteiger charge is 2.11. The van der Waals surface area contributed by atoms with Crippen molar-refractivity contribution in [1.29, 1.82) is 0 Å². The van der Waals surface area contributed by atoms with Crippen molar-refractivity contribution in [3.05, 3.63) is 29.8 Å². The molecule has 0 aromatic heterocycles. The summed E-state index contributed by atoms with van der Waals surface area (Å²) in [4.78, 5) is 23.1. The maximum absolute atomic E-state index is 11.6. The number of carbonyl (C=O) groups is 2. The summed E-state index contributed by atoms with van der Waals surface area (Å²) in [5.41, 5.74) is 1.05. The standard InChI is InChI=1S/C16H24N2O3/c1-3-4-5-10-17-15(19)16(20)18-11-9-13-7-6-8-14(12-13)21-2/h6-8,12H,3-5,9-11H2,1-2H3,(H,17,19)(H,18,20). The van der Waals surface area contributed by atoms with Gasteiger partial charge in [-0.25, -0.2) is 0 Å². The highest BCUT2D eigenvalue weighted by Crippen LogP contribution is 2.12. The highest BCUT2D eigenvalue weighted by atomic mass is 16.5. The lowest BCUT2D eigenvalue weighted by Crippen LogP contribution is -2.40. The van der Waals surface area contributed by atoms with Crippen molar-refractivity contribution in [3.8, 4) is 5.75 Å². The molecule has 0 aliphatic heterocycles. The predicted octanol–water partition coefficient (Wildman–Crippen LogP) is 1.66. The van der Waals surface area contributed by atoms with E-state index in [0.717, 1.165) is 30.6 Å². The van der Waals surface area contributed by atoms with Gasteiger partial charge in [0.2, 0.25) is 0 Å². The van der Waals surface area contributed by atoms with Crippen LogP contribution in [0.3, 0.4) is 0 Å². The number of hydrogen-bond acceptors (Lipinski definition) is 3. The third kappa shape index (κ3) is 6.79. The van der Waals surface area contributed by atoms with Crippen LogP contribution in [0.4, 0.5) is 0 Å². The first-order valence-corrected chi connectivity index (χ1v) is 7.36. The quantitative estimate of drug-likeness (QED) is 0.565. The van der Waals surface area contributed by atoms with Crippen LogP contribution in [-0.4, -0.2) is 32.0 Å². The van der Waals surface area contributed by atoms with E-state index < -0.39 is 11.8 Å². The lowest BCUT2D eigenvalue weighted by atomic mass is 10.1. The summed E-state index contributed by atoms with van der Waals surface area (Å²) in [6.07, 6.45) is 3.70. The molecule has 21 heavy (non-hydrogen) atoms. The van der Waals surface area contributed by atoms with Gasteiger partial charge in [-0.05, 0) is 30.5 Å². The second-order valence-corrected chi connectivity index (χ2v) is 4.82. The Hall–Kier alpha value is -2.04. The number of hydrogen-bond donors (Lipinski definition) is 2. The van der Waals surface area contributed by atoms with Gasteiger partial charge in [-0.1, -0.05) is 31.9 Å². The van der Waals surface area contributed by atoms with Crippen molar-refractivity contribution in [2.45, 2.75) is 32.6 Å². The lowest BCUT2D eigenvalue weighted by molar-refractivity contribution is -0.139. The first-order valence-electron chi connectivity index (χ1n) is 7.36. The summed E-state index contributed by atoms with van der Waals surface area (Å²) in [7, 11) is 1.61. The van der Waals surface area contributed by atoms with Crippen LogP contribution in [-0.2, 0) is 16.0 Å². The van der Waals surface area contributed by atoms with E-state index in [2.05, 4.69) is 17.6 Å². The average Bonchev–Trinajstić information content (AvgIpc) is 2.51. The zero-order valence-corrected chi connectivity index (χ0v) is 12.8. The summed E-state index contributed by atoms with van der Waals surface area (Å²) in [5, 5.41) is 5.23. The zero-order valence-electron chi connectivity index (χ0n) is 12.8. The van der Waals surface area contributed by atoms with Crippen LogP contribution in [0, 0.1) is 0 Å². The molecule has 1 aromatic rings. The molecular formula is C16H24N2O3. The van der Waals surface area contributed by atoms with E-state index in [0.29, 0.717) is 19.5 Å². The Labute approximate surface area is 126 Å². The van der Waals surface area contributed by atoms with Crippen LogP contribution in [0.25, 0.3) is 0 Å². The lowest BCUT2D eigenvalue weighted by Gasteiger charge is -2.07. The maximum atomic E-state index is 11.6. The van der Waals surface area contributed by atoms with Gasteiger partial charge < -0.3 is 15.4 Å². The fourth-order valence-electron chi connectivity index (χ4n) is 1.89. The molecule has 0 spiro atoms. The van der Waals surface area contributed by atoms with Gasteiger partial charge in [0.1, 0.15) is 5.75 Å². The van der Waals surface area contributed by atoms with Gasteiger partial charge >= 0.3 is 11.8 Å². The average molecular weight is 292 g/mol. The molecular weight excluding hydrogens is 268 g/mol. The van der Waals surface area contributed by atoms with E-state index in [9.17, 15) is 9.59 Å². The van der Waals surface area contributed by atoms with Crippen LogP contribution < -0.4 is 15.4 Å². The Balaban J connectivity index is 2.24. The molecule has 0 aliphatic rings. The molecule has 0 fully saturated rings.